The standard InChI is InChI=1S/C34H53NO10/c1-38-11-12-39-13-14-40-15-16-41-17-18-42-19-20-43-21-22-44-28-7-8-34(37)29-23-26-5-6-27(36)31-30(26)33(34,32(28)45-31)9-10-35(29)24-25-3-2-4-25/h5-6,25,28-29,32,36-37H,2-4,7-24H2,1H3/t28-,29+,32-,33-,34+/m0/s1. The van der Waals surface area contributed by atoms with E-state index < -0.39 is 11.0 Å². The maximum atomic E-state index is 12.6. The molecule has 1 saturated heterocycles. The molecular formula is C34H53NO10. The van der Waals surface area contributed by atoms with Crippen LogP contribution in [0.25, 0.3) is 0 Å². The van der Waals surface area contributed by atoms with Crippen molar-refractivity contribution in [1.82, 2.24) is 4.90 Å². The maximum Gasteiger partial charge on any atom is 0.165 e. The zero-order valence-corrected chi connectivity index (χ0v) is 26.9. The Balaban J connectivity index is 0.902. The molecule has 45 heavy (non-hydrogen) atoms. The van der Waals surface area contributed by atoms with Crippen LogP contribution in [0.4, 0.5) is 0 Å². The molecule has 6 rings (SSSR count). The van der Waals surface area contributed by atoms with Crippen LogP contribution in [0.1, 0.15) is 49.7 Å². The highest BCUT2D eigenvalue weighted by Crippen LogP contribution is 2.65. The first-order chi connectivity index (χ1) is 22.1. The fourth-order valence-corrected chi connectivity index (χ4v) is 8.36. The van der Waals surface area contributed by atoms with Gasteiger partial charge in [0.2, 0.25) is 0 Å². The summed E-state index contributed by atoms with van der Waals surface area (Å²) in [6.07, 6.45) is 6.44. The van der Waals surface area contributed by atoms with Crippen molar-refractivity contribution in [1.29, 1.82) is 0 Å². The smallest absolute Gasteiger partial charge is 0.165 e. The molecule has 11 heteroatoms. The van der Waals surface area contributed by atoms with E-state index in [-0.39, 0.29) is 24.0 Å². The van der Waals surface area contributed by atoms with Crippen LogP contribution in [0.3, 0.4) is 0 Å². The normalized spacial score (nSPS) is 30.2. The third-order valence-electron chi connectivity index (χ3n) is 10.7. The summed E-state index contributed by atoms with van der Waals surface area (Å²) in [7, 11) is 1.65. The molecule has 2 bridgehead atoms. The number of phenolic OH excluding ortho intramolecular Hbond substituents is 1. The molecule has 3 aliphatic carbocycles. The van der Waals surface area contributed by atoms with E-state index in [2.05, 4.69) is 4.90 Å². The molecule has 5 aliphatic rings. The highest BCUT2D eigenvalue weighted by Gasteiger charge is 2.73. The number of ether oxygens (including phenoxy) is 8. The topological polar surface area (TPSA) is 118 Å². The summed E-state index contributed by atoms with van der Waals surface area (Å²) in [4.78, 5) is 2.57. The van der Waals surface area contributed by atoms with E-state index in [1.807, 2.05) is 6.07 Å². The number of nitrogens with zero attached hydrogens (tertiary/aromatic N) is 1. The first kappa shape index (κ1) is 33.4. The highest BCUT2D eigenvalue weighted by atomic mass is 16.6. The van der Waals surface area contributed by atoms with Crippen molar-refractivity contribution in [2.75, 3.05) is 99.5 Å². The Hall–Kier alpha value is -1.54. The molecule has 2 aliphatic heterocycles. The number of rotatable bonds is 21. The SMILES string of the molecule is COCCOCCOCCOCCOCCOCCO[C@H]1CC[C@@]2(O)[C@H]3Cc4ccc(O)c5c4[C@@]2(CCN3CC2CCC2)[C@H]1O5. The molecule has 5 atom stereocenters. The van der Waals surface area contributed by atoms with Crippen LogP contribution in [0, 0.1) is 5.92 Å². The van der Waals surface area contributed by atoms with E-state index >= 15 is 0 Å². The van der Waals surface area contributed by atoms with Gasteiger partial charge in [-0.05, 0) is 62.6 Å². The number of piperidine rings is 1. The quantitative estimate of drug-likeness (QED) is 0.194. The Morgan fingerprint density at radius 3 is 2.04 bits per heavy atom. The molecule has 3 fully saturated rings. The molecule has 2 saturated carbocycles. The summed E-state index contributed by atoms with van der Waals surface area (Å²) in [5, 5.41) is 23.4. The molecule has 1 aromatic carbocycles. The minimum absolute atomic E-state index is 0.0698. The Morgan fingerprint density at radius 2 is 1.44 bits per heavy atom. The molecule has 1 spiro atoms. The number of methoxy groups -OCH3 is 1. The van der Waals surface area contributed by atoms with Crippen molar-refractivity contribution >= 4 is 0 Å². The van der Waals surface area contributed by atoms with Crippen molar-refractivity contribution < 1.29 is 48.1 Å². The van der Waals surface area contributed by atoms with E-state index in [0.29, 0.717) is 91.5 Å². The van der Waals surface area contributed by atoms with Gasteiger partial charge < -0.3 is 48.1 Å². The predicted molar refractivity (Wildman–Crippen MR) is 165 cm³/mol. The van der Waals surface area contributed by atoms with Gasteiger partial charge in [-0.25, -0.2) is 0 Å². The molecule has 0 aromatic heterocycles. The molecule has 254 valence electrons. The number of benzene rings is 1. The summed E-state index contributed by atoms with van der Waals surface area (Å²) in [6.45, 7) is 8.18. The molecular weight excluding hydrogens is 582 g/mol. The maximum absolute atomic E-state index is 12.6. The first-order valence-corrected chi connectivity index (χ1v) is 17.1. The van der Waals surface area contributed by atoms with Crippen molar-refractivity contribution in [2.45, 2.75) is 74.2 Å². The van der Waals surface area contributed by atoms with Crippen molar-refractivity contribution in [3.05, 3.63) is 23.3 Å². The lowest BCUT2D eigenvalue weighted by Crippen LogP contribution is -2.77. The van der Waals surface area contributed by atoms with Crippen LogP contribution in [0.15, 0.2) is 12.1 Å². The second-order valence-electron chi connectivity index (χ2n) is 13.1. The highest BCUT2D eigenvalue weighted by molar-refractivity contribution is 5.62. The van der Waals surface area contributed by atoms with Gasteiger partial charge in [-0.2, -0.15) is 0 Å². The van der Waals surface area contributed by atoms with Crippen LogP contribution in [0.5, 0.6) is 11.5 Å². The van der Waals surface area contributed by atoms with Crippen molar-refractivity contribution in [3.63, 3.8) is 0 Å². The zero-order chi connectivity index (χ0) is 31.1. The van der Waals surface area contributed by atoms with E-state index in [9.17, 15) is 10.2 Å². The average molecular weight is 636 g/mol. The molecule has 2 heterocycles. The van der Waals surface area contributed by atoms with Gasteiger partial charge in [0.05, 0.1) is 96.4 Å². The van der Waals surface area contributed by atoms with Crippen LogP contribution >= 0.6 is 0 Å². The third kappa shape index (κ3) is 6.89. The number of phenols is 1. The van der Waals surface area contributed by atoms with Crippen LogP contribution in [-0.4, -0.2) is 138 Å². The third-order valence-corrected chi connectivity index (χ3v) is 10.7. The lowest BCUT2D eigenvalue weighted by molar-refractivity contribution is -0.218. The largest absolute Gasteiger partial charge is 0.504 e. The molecule has 0 amide bonds. The van der Waals surface area contributed by atoms with E-state index in [0.717, 1.165) is 43.8 Å². The Labute approximate surface area is 267 Å². The van der Waals surface area contributed by atoms with Gasteiger partial charge in [0.15, 0.2) is 11.5 Å². The predicted octanol–water partition coefficient (Wildman–Crippen LogP) is 2.46. The molecule has 0 radical (unpaired) electrons. The van der Waals surface area contributed by atoms with Gasteiger partial charge in [0.25, 0.3) is 0 Å². The summed E-state index contributed by atoms with van der Waals surface area (Å²) in [5.74, 6) is 1.47. The van der Waals surface area contributed by atoms with E-state index in [1.165, 1.54) is 24.8 Å². The lowest BCUT2D eigenvalue weighted by atomic mass is 9.48. The number of likely N-dealkylation sites (tertiary alicyclic amines) is 1. The summed E-state index contributed by atoms with van der Waals surface area (Å²) >= 11 is 0. The fourth-order valence-electron chi connectivity index (χ4n) is 8.36. The van der Waals surface area contributed by atoms with Crippen LogP contribution < -0.4 is 4.74 Å². The molecule has 2 N–H and O–H groups in total. The van der Waals surface area contributed by atoms with E-state index in [4.69, 9.17) is 37.9 Å². The van der Waals surface area contributed by atoms with Gasteiger partial charge in [0, 0.05) is 25.3 Å². The van der Waals surface area contributed by atoms with Gasteiger partial charge in [-0.3, -0.25) is 4.90 Å². The zero-order valence-electron chi connectivity index (χ0n) is 26.9. The fraction of sp³-hybridized carbons (Fsp3) is 0.824. The van der Waals surface area contributed by atoms with Gasteiger partial charge in [0.1, 0.15) is 6.10 Å². The summed E-state index contributed by atoms with van der Waals surface area (Å²) < 4.78 is 45.6. The summed E-state index contributed by atoms with van der Waals surface area (Å²) in [5.41, 5.74) is 0.797. The Bertz CT molecular complexity index is 1090. The van der Waals surface area contributed by atoms with Gasteiger partial charge >= 0.3 is 0 Å². The second kappa shape index (κ2) is 15.6. The lowest BCUT2D eigenvalue weighted by Gasteiger charge is -2.64. The number of hydrogen-bond acceptors (Lipinski definition) is 11. The molecule has 1 aromatic rings. The van der Waals surface area contributed by atoms with Gasteiger partial charge in [-0.15, -0.1) is 0 Å². The van der Waals surface area contributed by atoms with Crippen LogP contribution in [0.2, 0.25) is 0 Å². The summed E-state index contributed by atoms with van der Waals surface area (Å²) in [6, 6.07) is 3.88. The second-order valence-corrected chi connectivity index (χ2v) is 13.1. The Kier molecular flexibility index (Phi) is 11.5. The minimum Gasteiger partial charge on any atom is -0.504 e. The number of aliphatic hydroxyl groups is 1. The first-order valence-electron chi connectivity index (χ1n) is 17.1. The average Bonchev–Trinajstić information content (AvgIpc) is 3.37. The van der Waals surface area contributed by atoms with Crippen LogP contribution in [-0.2, 0) is 45.0 Å². The van der Waals surface area contributed by atoms with Crippen molar-refractivity contribution in [2.24, 2.45) is 5.92 Å². The molecule has 11 nitrogen and oxygen atoms in total. The van der Waals surface area contributed by atoms with Crippen molar-refractivity contribution in [3.8, 4) is 11.5 Å². The monoisotopic (exact) mass is 635 g/mol. The Morgan fingerprint density at radius 1 is 0.822 bits per heavy atom. The number of hydrogen-bond donors (Lipinski definition) is 2. The number of aromatic hydroxyl groups is 1. The molecule has 0 unspecified atom stereocenters. The van der Waals surface area contributed by atoms with E-state index in [1.54, 1.807) is 13.2 Å². The van der Waals surface area contributed by atoms with Gasteiger partial charge in [-0.1, -0.05) is 12.5 Å². The minimum atomic E-state index is -0.894.